The first kappa shape index (κ1) is 19.7. The predicted molar refractivity (Wildman–Crippen MR) is 91.8 cm³/mol. The van der Waals surface area contributed by atoms with Gasteiger partial charge in [0, 0.05) is 30.8 Å². The Kier molecular flexibility index (Phi) is 6.85. The van der Waals surface area contributed by atoms with Crippen molar-refractivity contribution >= 4 is 51.9 Å². The van der Waals surface area contributed by atoms with Gasteiger partial charge in [-0.05, 0) is 12.8 Å². The molecule has 1 rings (SSSR count). The first-order chi connectivity index (χ1) is 10.6. The van der Waals surface area contributed by atoms with Crippen LogP contribution < -0.4 is 4.90 Å². The average molecular weight is 385 g/mol. The maximum atomic E-state index is 11.4. The van der Waals surface area contributed by atoms with Crippen LogP contribution in [-0.4, -0.2) is 22.9 Å². The van der Waals surface area contributed by atoms with E-state index >= 15 is 0 Å². The van der Waals surface area contributed by atoms with E-state index in [1.807, 2.05) is 13.8 Å². The molecule has 128 valence electrons. The van der Waals surface area contributed by atoms with Crippen molar-refractivity contribution in [2.24, 2.45) is 0 Å². The number of alkyl halides is 3. The van der Waals surface area contributed by atoms with Gasteiger partial charge in [-0.3, -0.25) is 20.2 Å². The summed E-state index contributed by atoms with van der Waals surface area (Å²) in [6.07, 6.45) is 1.36. The third-order valence-corrected chi connectivity index (χ3v) is 3.75. The molecule has 7 nitrogen and oxygen atoms in total. The van der Waals surface area contributed by atoms with Crippen LogP contribution in [0.5, 0.6) is 0 Å². The third-order valence-electron chi connectivity index (χ3n) is 3.09. The minimum Gasteiger partial charge on any atom is -0.360 e. The van der Waals surface area contributed by atoms with Crippen molar-refractivity contribution in [1.29, 1.82) is 0 Å². The molecule has 0 saturated heterocycles. The smallest absolute Gasteiger partial charge is 0.300 e. The Morgan fingerprint density at radius 1 is 1.00 bits per heavy atom. The number of nitro groups is 2. The molecule has 23 heavy (non-hydrogen) atoms. The third kappa shape index (κ3) is 4.83. The Hall–Kier alpha value is -1.31. The molecule has 0 fully saturated rings. The summed E-state index contributed by atoms with van der Waals surface area (Å²) in [5.74, 6) is 0. The first-order valence-electron chi connectivity index (χ1n) is 6.92. The predicted octanol–water partition coefficient (Wildman–Crippen LogP) is 4.96. The monoisotopic (exact) mass is 383 g/mol. The number of anilines is 1. The molecule has 0 saturated carbocycles. The zero-order chi connectivity index (χ0) is 17.8. The number of hydrogen-bond donors (Lipinski definition) is 0. The summed E-state index contributed by atoms with van der Waals surface area (Å²) < 4.78 is -1.99. The largest absolute Gasteiger partial charge is 0.360 e. The van der Waals surface area contributed by atoms with Gasteiger partial charge in [-0.25, -0.2) is 0 Å². The van der Waals surface area contributed by atoms with E-state index in [0.717, 1.165) is 12.1 Å². The van der Waals surface area contributed by atoms with Crippen molar-refractivity contribution in [2.45, 2.75) is 30.5 Å². The van der Waals surface area contributed by atoms with E-state index in [0.29, 0.717) is 25.9 Å². The summed E-state index contributed by atoms with van der Waals surface area (Å²) in [5.41, 5.74) is -1.05. The Labute approximate surface area is 148 Å². The number of hydrogen-bond acceptors (Lipinski definition) is 5. The summed E-state index contributed by atoms with van der Waals surface area (Å²) in [4.78, 5) is 23.1. The minimum atomic E-state index is -1.99. The molecule has 0 aliphatic carbocycles. The van der Waals surface area contributed by atoms with Crippen molar-refractivity contribution in [1.82, 2.24) is 0 Å². The van der Waals surface area contributed by atoms with E-state index in [4.69, 9.17) is 34.8 Å². The Balaban J connectivity index is 3.70. The van der Waals surface area contributed by atoms with Crippen LogP contribution in [-0.2, 0) is 3.79 Å². The molecule has 0 aliphatic rings. The summed E-state index contributed by atoms with van der Waals surface area (Å²) in [6.45, 7) is 4.66. The van der Waals surface area contributed by atoms with Crippen molar-refractivity contribution in [3.05, 3.63) is 37.9 Å². The van der Waals surface area contributed by atoms with Gasteiger partial charge < -0.3 is 4.90 Å². The highest BCUT2D eigenvalue weighted by Crippen LogP contribution is 2.46. The Bertz CT molecular complexity index is 564. The lowest BCUT2D eigenvalue weighted by Crippen LogP contribution is -2.27. The van der Waals surface area contributed by atoms with Gasteiger partial charge in [-0.2, -0.15) is 0 Å². The van der Waals surface area contributed by atoms with Crippen LogP contribution in [0.25, 0.3) is 0 Å². The van der Waals surface area contributed by atoms with Crippen LogP contribution in [0.15, 0.2) is 12.1 Å². The molecule has 0 aliphatic heterocycles. The van der Waals surface area contributed by atoms with Crippen molar-refractivity contribution < 1.29 is 9.85 Å². The quantitative estimate of drug-likeness (QED) is 0.376. The average Bonchev–Trinajstić information content (AvgIpc) is 2.44. The number of nitro benzene ring substituents is 2. The van der Waals surface area contributed by atoms with Gasteiger partial charge in [0.1, 0.15) is 0 Å². The van der Waals surface area contributed by atoms with Gasteiger partial charge in [-0.1, -0.05) is 48.7 Å². The van der Waals surface area contributed by atoms with E-state index in [-0.39, 0.29) is 11.3 Å². The molecule has 0 N–H and O–H groups in total. The summed E-state index contributed by atoms with van der Waals surface area (Å²) >= 11 is 17.2. The van der Waals surface area contributed by atoms with Crippen LogP contribution in [0, 0.1) is 20.2 Å². The van der Waals surface area contributed by atoms with Gasteiger partial charge in [0.15, 0.2) is 5.69 Å². The number of nitrogens with zero attached hydrogens (tertiary/aromatic N) is 3. The Morgan fingerprint density at radius 3 is 1.65 bits per heavy atom. The fraction of sp³-hybridized carbons (Fsp3) is 0.538. The molecular formula is C13H16Cl3N3O4. The topological polar surface area (TPSA) is 89.5 Å². The lowest BCUT2D eigenvalue weighted by molar-refractivity contribution is -0.392. The molecule has 0 spiro atoms. The van der Waals surface area contributed by atoms with E-state index in [1.54, 1.807) is 4.90 Å². The molecule has 1 aromatic carbocycles. The summed E-state index contributed by atoms with van der Waals surface area (Å²) in [5, 5.41) is 22.8. The second kappa shape index (κ2) is 7.99. The number of benzene rings is 1. The van der Waals surface area contributed by atoms with E-state index in [9.17, 15) is 20.2 Å². The van der Waals surface area contributed by atoms with Crippen LogP contribution in [0.1, 0.15) is 32.3 Å². The Morgan fingerprint density at radius 2 is 1.39 bits per heavy atom. The van der Waals surface area contributed by atoms with Gasteiger partial charge >= 0.3 is 0 Å². The number of rotatable bonds is 7. The van der Waals surface area contributed by atoms with Crippen LogP contribution in [0.3, 0.4) is 0 Å². The van der Waals surface area contributed by atoms with Crippen molar-refractivity contribution in [2.75, 3.05) is 18.0 Å². The molecule has 0 bridgehead atoms. The fourth-order valence-corrected chi connectivity index (χ4v) is 2.57. The summed E-state index contributed by atoms with van der Waals surface area (Å²) in [6, 6.07) is 2.15. The van der Waals surface area contributed by atoms with E-state index < -0.39 is 25.0 Å². The molecule has 0 atom stereocenters. The molecule has 0 amide bonds. The zero-order valence-corrected chi connectivity index (χ0v) is 14.9. The highest BCUT2D eigenvalue weighted by atomic mass is 35.6. The van der Waals surface area contributed by atoms with Gasteiger partial charge in [0.25, 0.3) is 11.4 Å². The van der Waals surface area contributed by atoms with Crippen LogP contribution in [0.2, 0.25) is 0 Å². The second-order valence-electron chi connectivity index (χ2n) is 4.86. The molecule has 0 radical (unpaired) electrons. The molecule has 0 unspecified atom stereocenters. The molecule has 10 heteroatoms. The standard InChI is InChI=1S/C13H16Cl3N3O4/c1-3-5-17(6-4-2)12-10(18(20)21)7-9(13(14,15)16)8-11(12)19(22)23/h7-8H,3-6H2,1-2H3. The summed E-state index contributed by atoms with van der Waals surface area (Å²) in [7, 11) is 0. The fourth-order valence-electron chi connectivity index (χ4n) is 2.25. The zero-order valence-electron chi connectivity index (χ0n) is 12.6. The normalized spacial score (nSPS) is 11.3. The van der Waals surface area contributed by atoms with Crippen LogP contribution >= 0.6 is 34.8 Å². The second-order valence-corrected chi connectivity index (χ2v) is 7.14. The maximum Gasteiger partial charge on any atom is 0.300 e. The van der Waals surface area contributed by atoms with Crippen LogP contribution in [0.4, 0.5) is 17.1 Å². The molecule has 0 aromatic heterocycles. The van der Waals surface area contributed by atoms with Gasteiger partial charge in [0.05, 0.1) is 9.85 Å². The van der Waals surface area contributed by atoms with E-state index in [1.165, 1.54) is 0 Å². The SMILES string of the molecule is CCCN(CCC)c1c([N+](=O)[O-])cc(C(Cl)(Cl)Cl)cc1[N+](=O)[O-]. The van der Waals surface area contributed by atoms with Crippen molar-refractivity contribution in [3.63, 3.8) is 0 Å². The molecular weight excluding hydrogens is 369 g/mol. The van der Waals surface area contributed by atoms with E-state index in [2.05, 4.69) is 0 Å². The lowest BCUT2D eigenvalue weighted by atomic mass is 10.1. The number of halogens is 3. The highest BCUT2D eigenvalue weighted by Gasteiger charge is 2.35. The molecule has 0 heterocycles. The van der Waals surface area contributed by atoms with Crippen molar-refractivity contribution in [3.8, 4) is 0 Å². The van der Waals surface area contributed by atoms with Gasteiger partial charge in [-0.15, -0.1) is 0 Å². The first-order valence-corrected chi connectivity index (χ1v) is 8.05. The van der Waals surface area contributed by atoms with Gasteiger partial charge in [0.2, 0.25) is 3.79 Å². The highest BCUT2D eigenvalue weighted by molar-refractivity contribution is 6.66. The lowest BCUT2D eigenvalue weighted by Gasteiger charge is -2.24. The minimum absolute atomic E-state index is 0.0540. The maximum absolute atomic E-state index is 11.4. The molecule has 1 aromatic rings.